The molecule has 2 heteroatoms. The van der Waals surface area contributed by atoms with E-state index in [-0.39, 0.29) is 11.9 Å². The lowest BCUT2D eigenvalue weighted by molar-refractivity contribution is -0.119. The number of carbonyl (C=O) groups excluding carboxylic acids is 1. The van der Waals surface area contributed by atoms with E-state index in [2.05, 4.69) is 11.2 Å². The van der Waals surface area contributed by atoms with Gasteiger partial charge in [-0.25, -0.2) is 0 Å². The molecular weight excluding hydrogens is 174 g/mol. The lowest BCUT2D eigenvalue weighted by Crippen LogP contribution is -2.23. The molecule has 0 spiro atoms. The number of benzene rings is 1. The monoisotopic (exact) mass is 187 g/mol. The minimum atomic E-state index is -0.0291. The molecule has 2 nitrogen and oxygen atoms in total. The molecular formula is C12H13NO. The summed E-state index contributed by atoms with van der Waals surface area (Å²) in [6.07, 6.45) is 5.24. The highest BCUT2D eigenvalue weighted by Gasteiger charge is 2.05. The normalized spacial score (nSPS) is 11.5. The zero-order valence-electron chi connectivity index (χ0n) is 8.37. The Bertz CT molecular complexity index is 359. The van der Waals surface area contributed by atoms with Gasteiger partial charge in [-0.1, -0.05) is 18.1 Å². The molecule has 1 atom stereocenters. The van der Waals surface area contributed by atoms with Crippen LogP contribution in [0.1, 0.15) is 31.0 Å². The molecule has 72 valence electrons. The van der Waals surface area contributed by atoms with Crippen molar-refractivity contribution in [3.8, 4) is 12.3 Å². The largest absolute Gasteiger partial charge is 0.350 e. The van der Waals surface area contributed by atoms with Crippen molar-refractivity contribution < 1.29 is 4.79 Å². The lowest BCUT2D eigenvalue weighted by atomic mass is 10.1. The second kappa shape index (κ2) is 4.48. The standard InChI is InChI=1S/C12H13NO/c1-4-11-5-7-12(8-6-11)9(2)13-10(3)14/h1,5-9H,2-3H3,(H,13,14)/t9-/m1/s1. The zero-order valence-corrected chi connectivity index (χ0v) is 8.37. The molecule has 0 aliphatic carbocycles. The lowest BCUT2D eigenvalue weighted by Gasteiger charge is -2.12. The Kier molecular flexibility index (Phi) is 3.30. The zero-order chi connectivity index (χ0) is 10.6. The van der Waals surface area contributed by atoms with E-state index in [9.17, 15) is 4.79 Å². The molecule has 14 heavy (non-hydrogen) atoms. The van der Waals surface area contributed by atoms with Crippen molar-refractivity contribution in [1.82, 2.24) is 5.32 Å². The van der Waals surface area contributed by atoms with E-state index < -0.39 is 0 Å². The summed E-state index contributed by atoms with van der Waals surface area (Å²) >= 11 is 0. The first-order valence-corrected chi connectivity index (χ1v) is 4.47. The van der Waals surface area contributed by atoms with Gasteiger partial charge in [0.05, 0.1) is 6.04 Å². The second-order valence-corrected chi connectivity index (χ2v) is 3.19. The van der Waals surface area contributed by atoms with Crippen LogP contribution in [0, 0.1) is 12.3 Å². The number of hydrogen-bond donors (Lipinski definition) is 1. The number of carbonyl (C=O) groups is 1. The molecule has 1 rings (SSSR count). The molecule has 1 amide bonds. The van der Waals surface area contributed by atoms with Gasteiger partial charge >= 0.3 is 0 Å². The van der Waals surface area contributed by atoms with Crippen molar-refractivity contribution >= 4 is 5.91 Å². The maximum Gasteiger partial charge on any atom is 0.217 e. The van der Waals surface area contributed by atoms with Gasteiger partial charge in [-0.15, -0.1) is 6.42 Å². The average Bonchev–Trinajstić information content (AvgIpc) is 2.17. The van der Waals surface area contributed by atoms with Crippen molar-refractivity contribution in [3.05, 3.63) is 35.4 Å². The van der Waals surface area contributed by atoms with Crippen molar-refractivity contribution in [1.29, 1.82) is 0 Å². The predicted molar refractivity (Wildman–Crippen MR) is 56.6 cm³/mol. The maximum absolute atomic E-state index is 10.8. The van der Waals surface area contributed by atoms with E-state index in [0.717, 1.165) is 11.1 Å². The molecule has 0 aromatic heterocycles. The molecule has 0 unspecified atom stereocenters. The van der Waals surface area contributed by atoms with Crippen molar-refractivity contribution in [2.24, 2.45) is 0 Å². The number of rotatable bonds is 2. The Morgan fingerprint density at radius 2 is 2.00 bits per heavy atom. The Balaban J connectivity index is 2.77. The van der Waals surface area contributed by atoms with Crippen LogP contribution in [-0.2, 0) is 4.79 Å². The minimum Gasteiger partial charge on any atom is -0.350 e. The summed E-state index contributed by atoms with van der Waals surface area (Å²) in [6, 6.07) is 7.62. The fraction of sp³-hybridized carbons (Fsp3) is 0.250. The van der Waals surface area contributed by atoms with Gasteiger partial charge in [-0.2, -0.15) is 0 Å². The predicted octanol–water partition coefficient (Wildman–Crippen LogP) is 1.86. The third-order valence-electron chi connectivity index (χ3n) is 2.00. The molecule has 1 aromatic rings. The van der Waals surface area contributed by atoms with Crippen molar-refractivity contribution in [2.75, 3.05) is 0 Å². The molecule has 0 bridgehead atoms. The Morgan fingerprint density at radius 3 is 2.43 bits per heavy atom. The van der Waals surface area contributed by atoms with Gasteiger partial charge in [-0.05, 0) is 24.6 Å². The van der Waals surface area contributed by atoms with E-state index in [0.29, 0.717) is 0 Å². The Hall–Kier alpha value is -1.75. The molecule has 0 saturated carbocycles. The minimum absolute atomic E-state index is 0.0272. The number of terminal acetylenes is 1. The van der Waals surface area contributed by atoms with Crippen LogP contribution in [0.15, 0.2) is 24.3 Å². The summed E-state index contributed by atoms with van der Waals surface area (Å²) in [5, 5.41) is 2.81. The summed E-state index contributed by atoms with van der Waals surface area (Å²) in [7, 11) is 0. The molecule has 0 aliphatic heterocycles. The van der Waals surface area contributed by atoms with Crippen LogP contribution < -0.4 is 5.32 Å². The average molecular weight is 187 g/mol. The molecule has 0 radical (unpaired) electrons. The summed E-state index contributed by atoms with van der Waals surface area (Å²) in [6.45, 7) is 3.44. The topological polar surface area (TPSA) is 29.1 Å². The van der Waals surface area contributed by atoms with Gasteiger partial charge < -0.3 is 5.32 Å². The van der Waals surface area contributed by atoms with Crippen LogP contribution in [0.25, 0.3) is 0 Å². The summed E-state index contributed by atoms with van der Waals surface area (Å²) in [5.74, 6) is 2.52. The first-order chi connectivity index (χ1) is 6.63. The molecule has 0 heterocycles. The van der Waals surface area contributed by atoms with E-state index >= 15 is 0 Å². The number of nitrogens with one attached hydrogen (secondary N) is 1. The van der Waals surface area contributed by atoms with Gasteiger partial charge in [0.15, 0.2) is 0 Å². The highest BCUT2D eigenvalue weighted by Crippen LogP contribution is 2.12. The van der Waals surface area contributed by atoms with E-state index in [1.54, 1.807) is 0 Å². The van der Waals surface area contributed by atoms with E-state index in [1.165, 1.54) is 6.92 Å². The number of hydrogen-bond acceptors (Lipinski definition) is 1. The first kappa shape index (κ1) is 10.3. The van der Waals surface area contributed by atoms with Crippen molar-refractivity contribution in [2.45, 2.75) is 19.9 Å². The van der Waals surface area contributed by atoms with Gasteiger partial charge in [0, 0.05) is 12.5 Å². The van der Waals surface area contributed by atoms with Gasteiger partial charge in [0.2, 0.25) is 5.91 Å². The summed E-state index contributed by atoms with van der Waals surface area (Å²) < 4.78 is 0. The Labute approximate surface area is 84.3 Å². The molecule has 0 saturated heterocycles. The van der Waals surface area contributed by atoms with Crippen LogP contribution in [0.5, 0.6) is 0 Å². The third-order valence-corrected chi connectivity index (χ3v) is 2.00. The SMILES string of the molecule is C#Cc1ccc([C@@H](C)NC(C)=O)cc1. The first-order valence-electron chi connectivity index (χ1n) is 4.47. The van der Waals surface area contributed by atoms with Crippen molar-refractivity contribution in [3.63, 3.8) is 0 Å². The molecule has 1 N–H and O–H groups in total. The van der Waals surface area contributed by atoms with E-state index in [4.69, 9.17) is 6.42 Å². The fourth-order valence-electron chi connectivity index (χ4n) is 1.26. The van der Waals surface area contributed by atoms with Crippen LogP contribution in [-0.4, -0.2) is 5.91 Å². The highest BCUT2D eigenvalue weighted by atomic mass is 16.1. The second-order valence-electron chi connectivity index (χ2n) is 3.19. The Morgan fingerprint density at radius 1 is 1.43 bits per heavy atom. The van der Waals surface area contributed by atoms with Gasteiger partial charge in [-0.3, -0.25) is 4.79 Å². The molecule has 0 fully saturated rings. The number of amides is 1. The van der Waals surface area contributed by atoms with Gasteiger partial charge in [0.25, 0.3) is 0 Å². The van der Waals surface area contributed by atoms with Gasteiger partial charge in [0.1, 0.15) is 0 Å². The maximum atomic E-state index is 10.8. The fourth-order valence-corrected chi connectivity index (χ4v) is 1.26. The van der Waals surface area contributed by atoms with Crippen LogP contribution in [0.3, 0.4) is 0 Å². The molecule has 0 aliphatic rings. The summed E-state index contributed by atoms with van der Waals surface area (Å²) in [4.78, 5) is 10.8. The quantitative estimate of drug-likeness (QED) is 0.703. The third kappa shape index (κ3) is 2.63. The van der Waals surface area contributed by atoms with Crippen LogP contribution in [0.2, 0.25) is 0 Å². The highest BCUT2D eigenvalue weighted by molar-refractivity contribution is 5.73. The van der Waals surface area contributed by atoms with E-state index in [1.807, 2.05) is 31.2 Å². The van der Waals surface area contributed by atoms with Crippen LogP contribution >= 0.6 is 0 Å². The molecule has 1 aromatic carbocycles. The summed E-state index contributed by atoms with van der Waals surface area (Å²) in [5.41, 5.74) is 1.91. The smallest absolute Gasteiger partial charge is 0.217 e. The van der Waals surface area contributed by atoms with Crippen LogP contribution in [0.4, 0.5) is 0 Å².